The highest BCUT2D eigenvalue weighted by molar-refractivity contribution is 5.89. The van der Waals surface area contributed by atoms with E-state index in [1.807, 2.05) is 14.0 Å². The second kappa shape index (κ2) is 5.05. The van der Waals surface area contributed by atoms with E-state index in [1.165, 1.54) is 16.7 Å². The summed E-state index contributed by atoms with van der Waals surface area (Å²) in [6.45, 7) is 1.90. The Morgan fingerprint density at radius 2 is 1.82 bits per heavy atom. The van der Waals surface area contributed by atoms with Gasteiger partial charge in [0.25, 0.3) is 0 Å². The first-order valence-electron chi connectivity index (χ1n) is 7.70. The normalized spacial score (nSPS) is 13.4. The first-order valence-corrected chi connectivity index (χ1v) is 7.70. The van der Waals surface area contributed by atoms with Gasteiger partial charge in [-0.2, -0.15) is 0 Å². The lowest BCUT2D eigenvalue weighted by atomic mass is 10.0. The van der Waals surface area contributed by atoms with Crippen molar-refractivity contribution in [2.24, 2.45) is 0 Å². The van der Waals surface area contributed by atoms with E-state index in [0.29, 0.717) is 0 Å². The molecular formula is C18H18N4. The predicted octanol–water partition coefficient (Wildman–Crippen LogP) is 3.53. The Morgan fingerprint density at radius 3 is 2.68 bits per heavy atom. The van der Waals surface area contributed by atoms with Crippen LogP contribution in [0.15, 0.2) is 30.3 Å². The molecule has 0 spiro atoms. The van der Waals surface area contributed by atoms with Crippen molar-refractivity contribution in [3.8, 4) is 11.3 Å². The van der Waals surface area contributed by atoms with Crippen LogP contribution in [0.1, 0.15) is 23.4 Å². The topological polar surface area (TPSA) is 50.7 Å². The fraction of sp³-hybridized carbons (Fsp3) is 0.278. The van der Waals surface area contributed by atoms with Crippen LogP contribution in [0.3, 0.4) is 0 Å². The average Bonchev–Trinajstić information content (AvgIpc) is 2.71. The Labute approximate surface area is 129 Å². The highest BCUT2D eigenvalue weighted by atomic mass is 15.0. The summed E-state index contributed by atoms with van der Waals surface area (Å²) < 4.78 is 0. The lowest BCUT2D eigenvalue weighted by Crippen LogP contribution is -2.02. The molecule has 0 radical (unpaired) electrons. The molecule has 110 valence electrons. The molecule has 4 heteroatoms. The molecule has 0 saturated carbocycles. The minimum atomic E-state index is 0.742. The highest BCUT2D eigenvalue weighted by Crippen LogP contribution is 2.33. The summed E-state index contributed by atoms with van der Waals surface area (Å²) in [5, 5.41) is 4.17. The second-order valence-corrected chi connectivity index (χ2v) is 5.75. The number of benzene rings is 1. The van der Waals surface area contributed by atoms with E-state index in [9.17, 15) is 0 Å². The number of nitrogens with one attached hydrogen (secondary N) is 1. The van der Waals surface area contributed by atoms with Crippen LogP contribution in [0.25, 0.3) is 22.3 Å². The summed E-state index contributed by atoms with van der Waals surface area (Å²) in [6, 6.07) is 10.8. The molecule has 1 aromatic carbocycles. The summed E-state index contributed by atoms with van der Waals surface area (Å²) in [4.78, 5) is 13.9. The maximum Gasteiger partial charge on any atom is 0.165 e. The lowest BCUT2D eigenvalue weighted by Gasteiger charge is -2.12. The molecule has 4 rings (SSSR count). The quantitative estimate of drug-likeness (QED) is 0.745. The molecule has 1 N–H and O–H groups in total. The van der Waals surface area contributed by atoms with E-state index < -0.39 is 0 Å². The van der Waals surface area contributed by atoms with Crippen LogP contribution in [-0.2, 0) is 12.8 Å². The van der Waals surface area contributed by atoms with Crippen LogP contribution in [-0.4, -0.2) is 22.0 Å². The van der Waals surface area contributed by atoms with E-state index in [4.69, 9.17) is 4.98 Å². The monoisotopic (exact) mass is 290 g/mol. The largest absolute Gasteiger partial charge is 0.372 e. The number of hydrogen-bond donors (Lipinski definition) is 1. The zero-order chi connectivity index (χ0) is 15.1. The predicted molar refractivity (Wildman–Crippen MR) is 89.1 cm³/mol. The maximum atomic E-state index is 4.90. The van der Waals surface area contributed by atoms with Crippen LogP contribution in [0.2, 0.25) is 0 Å². The number of anilines is 1. The van der Waals surface area contributed by atoms with Crippen molar-refractivity contribution in [3.05, 3.63) is 47.3 Å². The summed E-state index contributed by atoms with van der Waals surface area (Å²) in [6.07, 6.45) is 3.30. The van der Waals surface area contributed by atoms with Crippen LogP contribution in [0, 0.1) is 6.92 Å². The molecule has 0 atom stereocenters. The van der Waals surface area contributed by atoms with Crippen LogP contribution >= 0.6 is 0 Å². The number of rotatable bonds is 1. The van der Waals surface area contributed by atoms with E-state index in [0.717, 1.165) is 47.6 Å². The van der Waals surface area contributed by atoms with Crippen LogP contribution < -0.4 is 5.32 Å². The Balaban J connectivity index is 2.05. The standard InChI is InChI=1S/C18H18N4/c1-11-20-17(19-2)15-10-13-8-5-7-12-6-3-4-9-14(12)16(13)22-18(15)21-11/h3-4,6,9-10H,5,7-8H2,1-2H3,(H,19,20,21,22). The van der Waals surface area contributed by atoms with Crippen molar-refractivity contribution in [3.63, 3.8) is 0 Å². The zero-order valence-electron chi connectivity index (χ0n) is 12.8. The highest BCUT2D eigenvalue weighted by Gasteiger charge is 2.18. The molecule has 22 heavy (non-hydrogen) atoms. The van der Waals surface area contributed by atoms with Gasteiger partial charge in [0.1, 0.15) is 11.6 Å². The Bertz CT molecular complexity index is 870. The second-order valence-electron chi connectivity index (χ2n) is 5.75. The molecule has 1 aliphatic rings. The maximum absolute atomic E-state index is 4.90. The van der Waals surface area contributed by atoms with Crippen molar-refractivity contribution in [2.75, 3.05) is 12.4 Å². The molecule has 0 unspecified atom stereocenters. The number of hydrogen-bond acceptors (Lipinski definition) is 4. The van der Waals surface area contributed by atoms with E-state index in [2.05, 4.69) is 45.6 Å². The molecule has 0 saturated heterocycles. The van der Waals surface area contributed by atoms with Gasteiger partial charge in [-0.25, -0.2) is 15.0 Å². The third-order valence-corrected chi connectivity index (χ3v) is 4.28. The minimum absolute atomic E-state index is 0.742. The molecule has 1 aliphatic carbocycles. The van der Waals surface area contributed by atoms with Gasteiger partial charge in [0, 0.05) is 12.6 Å². The minimum Gasteiger partial charge on any atom is -0.372 e. The van der Waals surface area contributed by atoms with Gasteiger partial charge in [0.15, 0.2) is 5.65 Å². The number of aromatic nitrogens is 3. The van der Waals surface area contributed by atoms with E-state index in [-0.39, 0.29) is 0 Å². The molecule has 4 nitrogen and oxygen atoms in total. The molecule has 0 bridgehead atoms. The van der Waals surface area contributed by atoms with Gasteiger partial charge >= 0.3 is 0 Å². The van der Waals surface area contributed by atoms with E-state index >= 15 is 0 Å². The number of aryl methyl sites for hydroxylation is 3. The smallest absolute Gasteiger partial charge is 0.165 e. The Kier molecular flexibility index (Phi) is 3.03. The van der Waals surface area contributed by atoms with Gasteiger partial charge in [-0.3, -0.25) is 0 Å². The van der Waals surface area contributed by atoms with Crippen molar-refractivity contribution < 1.29 is 0 Å². The van der Waals surface area contributed by atoms with Crippen molar-refractivity contribution >= 4 is 16.9 Å². The molecule has 0 aliphatic heterocycles. The molecule has 2 heterocycles. The van der Waals surface area contributed by atoms with Gasteiger partial charge in [-0.1, -0.05) is 24.3 Å². The summed E-state index contributed by atoms with van der Waals surface area (Å²) in [5.41, 5.74) is 5.78. The van der Waals surface area contributed by atoms with Crippen LogP contribution in [0.5, 0.6) is 0 Å². The number of fused-ring (bicyclic) bond motifs is 4. The molecule has 0 fully saturated rings. The summed E-state index contributed by atoms with van der Waals surface area (Å²) >= 11 is 0. The van der Waals surface area contributed by atoms with Crippen LogP contribution in [0.4, 0.5) is 5.82 Å². The molecular weight excluding hydrogens is 272 g/mol. The lowest BCUT2D eigenvalue weighted by molar-refractivity contribution is 0.834. The molecule has 2 aromatic heterocycles. The number of nitrogens with zero attached hydrogens (tertiary/aromatic N) is 3. The fourth-order valence-electron chi connectivity index (χ4n) is 3.26. The first-order chi connectivity index (χ1) is 10.8. The Hall–Kier alpha value is -2.49. The van der Waals surface area contributed by atoms with E-state index in [1.54, 1.807) is 0 Å². The van der Waals surface area contributed by atoms with Crippen molar-refractivity contribution in [1.29, 1.82) is 0 Å². The first kappa shape index (κ1) is 13.2. The summed E-state index contributed by atoms with van der Waals surface area (Å²) in [7, 11) is 1.89. The third-order valence-electron chi connectivity index (χ3n) is 4.28. The van der Waals surface area contributed by atoms with Gasteiger partial charge in [-0.05, 0) is 43.4 Å². The van der Waals surface area contributed by atoms with Gasteiger partial charge in [0.2, 0.25) is 0 Å². The van der Waals surface area contributed by atoms with Gasteiger partial charge in [-0.15, -0.1) is 0 Å². The zero-order valence-corrected chi connectivity index (χ0v) is 12.8. The van der Waals surface area contributed by atoms with Crippen molar-refractivity contribution in [2.45, 2.75) is 26.2 Å². The number of pyridine rings is 1. The fourth-order valence-corrected chi connectivity index (χ4v) is 3.26. The third kappa shape index (κ3) is 2.03. The molecule has 0 amide bonds. The average molecular weight is 290 g/mol. The van der Waals surface area contributed by atoms with Crippen molar-refractivity contribution in [1.82, 2.24) is 15.0 Å². The molecule has 3 aromatic rings. The SMILES string of the molecule is CNc1nc(C)nc2nc3c(cc12)CCCc1ccccc1-3. The van der Waals surface area contributed by atoms with Gasteiger partial charge in [0.05, 0.1) is 11.1 Å². The summed E-state index contributed by atoms with van der Waals surface area (Å²) in [5.74, 6) is 1.60. The Morgan fingerprint density at radius 1 is 1.00 bits per heavy atom. The van der Waals surface area contributed by atoms with Gasteiger partial charge < -0.3 is 5.32 Å².